The Morgan fingerprint density at radius 1 is 1.39 bits per heavy atom. The van der Waals surface area contributed by atoms with Crippen LogP contribution < -0.4 is 0 Å². The zero-order valence-electron chi connectivity index (χ0n) is 10.8. The fraction of sp³-hybridized carbons (Fsp3) is 0.571. The molecule has 0 unspecified atom stereocenters. The first-order chi connectivity index (χ1) is 8.70. The maximum absolute atomic E-state index is 6.09. The molecule has 2 rings (SSSR count). The molecule has 0 N–H and O–H groups in total. The van der Waals surface area contributed by atoms with Crippen molar-refractivity contribution in [3.63, 3.8) is 0 Å². The fourth-order valence-corrected chi connectivity index (χ4v) is 2.23. The van der Waals surface area contributed by atoms with E-state index in [9.17, 15) is 0 Å². The second-order valence-corrected chi connectivity index (χ2v) is 4.83. The molecule has 3 atom stereocenters. The molecule has 1 saturated heterocycles. The third-order valence-electron chi connectivity index (χ3n) is 3.09. The van der Waals surface area contributed by atoms with Crippen molar-refractivity contribution in [1.82, 2.24) is 0 Å². The van der Waals surface area contributed by atoms with E-state index >= 15 is 0 Å². The number of halogens is 1. The number of ether oxygens (including phenoxy) is 3. The molecule has 0 bridgehead atoms. The van der Waals surface area contributed by atoms with Crippen molar-refractivity contribution >= 4 is 11.6 Å². The van der Waals surface area contributed by atoms with E-state index in [1.807, 2.05) is 31.2 Å². The van der Waals surface area contributed by atoms with Crippen molar-refractivity contribution < 1.29 is 14.2 Å². The number of benzene rings is 1. The van der Waals surface area contributed by atoms with E-state index in [0.29, 0.717) is 13.2 Å². The van der Waals surface area contributed by atoms with Crippen molar-refractivity contribution in [2.24, 2.45) is 0 Å². The standard InChI is InChI=1S/C14H19ClO3/c1-3-13-14(9-16-10(2)18-13)17-8-11-6-4-5-7-12(11)15/h4-7,10,13-14H,3,8-9H2,1-2H3/t10-,13+,14+/m0/s1. The average Bonchev–Trinajstić information content (AvgIpc) is 2.39. The molecule has 1 heterocycles. The normalized spacial score (nSPS) is 28.3. The zero-order chi connectivity index (χ0) is 13.0. The number of hydrogen-bond donors (Lipinski definition) is 0. The van der Waals surface area contributed by atoms with Gasteiger partial charge in [-0.25, -0.2) is 0 Å². The Labute approximate surface area is 113 Å². The molecule has 0 spiro atoms. The molecule has 0 radical (unpaired) electrons. The van der Waals surface area contributed by atoms with Crippen molar-refractivity contribution in [3.05, 3.63) is 34.9 Å². The summed E-state index contributed by atoms with van der Waals surface area (Å²) in [4.78, 5) is 0. The quantitative estimate of drug-likeness (QED) is 0.839. The summed E-state index contributed by atoms with van der Waals surface area (Å²) in [5, 5.41) is 0.733. The molecule has 1 aliphatic heterocycles. The summed E-state index contributed by atoms with van der Waals surface area (Å²) >= 11 is 6.09. The average molecular weight is 271 g/mol. The van der Waals surface area contributed by atoms with Gasteiger partial charge in [-0.3, -0.25) is 0 Å². The molecule has 1 aromatic carbocycles. The van der Waals surface area contributed by atoms with Gasteiger partial charge in [0, 0.05) is 5.02 Å². The molecule has 100 valence electrons. The highest BCUT2D eigenvalue weighted by atomic mass is 35.5. The molecule has 18 heavy (non-hydrogen) atoms. The van der Waals surface area contributed by atoms with Gasteiger partial charge in [0.05, 0.1) is 19.3 Å². The van der Waals surface area contributed by atoms with Crippen LogP contribution in [0.5, 0.6) is 0 Å². The van der Waals surface area contributed by atoms with E-state index in [4.69, 9.17) is 25.8 Å². The van der Waals surface area contributed by atoms with E-state index in [1.54, 1.807) is 0 Å². The summed E-state index contributed by atoms with van der Waals surface area (Å²) in [6.07, 6.45) is 0.842. The molecule has 3 nitrogen and oxygen atoms in total. The van der Waals surface area contributed by atoms with Crippen LogP contribution in [0.3, 0.4) is 0 Å². The van der Waals surface area contributed by atoms with Crippen LogP contribution in [-0.4, -0.2) is 25.1 Å². The summed E-state index contributed by atoms with van der Waals surface area (Å²) in [5.41, 5.74) is 0.993. The van der Waals surface area contributed by atoms with Crippen LogP contribution in [0.2, 0.25) is 5.02 Å². The predicted molar refractivity (Wildman–Crippen MR) is 70.6 cm³/mol. The van der Waals surface area contributed by atoms with Crippen molar-refractivity contribution in [2.45, 2.75) is 45.4 Å². The van der Waals surface area contributed by atoms with Gasteiger partial charge in [0.15, 0.2) is 6.29 Å². The van der Waals surface area contributed by atoms with E-state index in [2.05, 4.69) is 6.92 Å². The second kappa shape index (κ2) is 6.53. The minimum atomic E-state index is -0.143. The van der Waals surface area contributed by atoms with Gasteiger partial charge >= 0.3 is 0 Å². The molecular formula is C14H19ClO3. The summed E-state index contributed by atoms with van der Waals surface area (Å²) in [5.74, 6) is 0. The lowest BCUT2D eigenvalue weighted by molar-refractivity contribution is -0.256. The van der Waals surface area contributed by atoms with Gasteiger partial charge in [-0.05, 0) is 25.0 Å². The first-order valence-corrected chi connectivity index (χ1v) is 6.70. The lowest BCUT2D eigenvalue weighted by Gasteiger charge is -2.34. The molecule has 1 aromatic rings. The Bertz CT molecular complexity index is 383. The third kappa shape index (κ3) is 3.45. The van der Waals surface area contributed by atoms with Gasteiger partial charge in [-0.15, -0.1) is 0 Å². The summed E-state index contributed by atoms with van der Waals surface area (Å²) in [6, 6.07) is 7.71. The Balaban J connectivity index is 1.91. The highest BCUT2D eigenvalue weighted by molar-refractivity contribution is 6.31. The van der Waals surface area contributed by atoms with Crippen LogP contribution in [0.1, 0.15) is 25.8 Å². The molecule has 4 heteroatoms. The minimum Gasteiger partial charge on any atom is -0.368 e. The first kappa shape index (κ1) is 13.8. The highest BCUT2D eigenvalue weighted by Crippen LogP contribution is 2.21. The van der Waals surface area contributed by atoms with E-state index in [-0.39, 0.29) is 18.5 Å². The lowest BCUT2D eigenvalue weighted by atomic mass is 10.1. The summed E-state index contributed by atoms with van der Waals surface area (Å²) in [6.45, 7) is 5.06. The maximum atomic E-state index is 6.09. The fourth-order valence-electron chi connectivity index (χ4n) is 2.04. The minimum absolute atomic E-state index is 0.0255. The molecule has 0 saturated carbocycles. The topological polar surface area (TPSA) is 27.7 Å². The zero-order valence-corrected chi connectivity index (χ0v) is 11.5. The van der Waals surface area contributed by atoms with Crippen LogP contribution in [0.25, 0.3) is 0 Å². The van der Waals surface area contributed by atoms with Gasteiger partial charge in [-0.2, -0.15) is 0 Å². The van der Waals surface area contributed by atoms with Crippen LogP contribution >= 0.6 is 11.6 Å². The van der Waals surface area contributed by atoms with Crippen LogP contribution in [0.15, 0.2) is 24.3 Å². The molecule has 0 aromatic heterocycles. The maximum Gasteiger partial charge on any atom is 0.155 e. The van der Waals surface area contributed by atoms with Crippen LogP contribution in [0, 0.1) is 0 Å². The molecule has 0 aliphatic carbocycles. The molecule has 1 fully saturated rings. The Morgan fingerprint density at radius 3 is 2.89 bits per heavy atom. The van der Waals surface area contributed by atoms with Crippen molar-refractivity contribution in [2.75, 3.05) is 6.61 Å². The number of rotatable bonds is 4. The van der Waals surface area contributed by atoms with Gasteiger partial charge in [-0.1, -0.05) is 36.7 Å². The SMILES string of the molecule is CC[C@H]1O[C@@H](C)OC[C@H]1OCc1ccccc1Cl. The summed E-state index contributed by atoms with van der Waals surface area (Å²) < 4.78 is 17.0. The Morgan fingerprint density at radius 2 is 2.17 bits per heavy atom. The van der Waals surface area contributed by atoms with Crippen molar-refractivity contribution in [1.29, 1.82) is 0 Å². The molecule has 1 aliphatic rings. The Hall–Kier alpha value is -0.610. The highest BCUT2D eigenvalue weighted by Gasteiger charge is 2.29. The van der Waals surface area contributed by atoms with Gasteiger partial charge < -0.3 is 14.2 Å². The van der Waals surface area contributed by atoms with E-state index in [1.165, 1.54) is 0 Å². The first-order valence-electron chi connectivity index (χ1n) is 6.32. The van der Waals surface area contributed by atoms with Crippen molar-refractivity contribution in [3.8, 4) is 0 Å². The molecular weight excluding hydrogens is 252 g/mol. The van der Waals surface area contributed by atoms with E-state index < -0.39 is 0 Å². The lowest BCUT2D eigenvalue weighted by Crippen LogP contribution is -2.43. The number of hydrogen-bond acceptors (Lipinski definition) is 3. The smallest absolute Gasteiger partial charge is 0.155 e. The largest absolute Gasteiger partial charge is 0.368 e. The van der Waals surface area contributed by atoms with Crippen LogP contribution in [-0.2, 0) is 20.8 Å². The van der Waals surface area contributed by atoms with Gasteiger partial charge in [0.2, 0.25) is 0 Å². The molecule has 0 amide bonds. The third-order valence-corrected chi connectivity index (χ3v) is 3.46. The second-order valence-electron chi connectivity index (χ2n) is 4.42. The summed E-state index contributed by atoms with van der Waals surface area (Å²) in [7, 11) is 0. The van der Waals surface area contributed by atoms with Gasteiger partial charge in [0.1, 0.15) is 6.10 Å². The van der Waals surface area contributed by atoms with Gasteiger partial charge in [0.25, 0.3) is 0 Å². The monoisotopic (exact) mass is 270 g/mol. The Kier molecular flexibility index (Phi) is 5.01. The predicted octanol–water partition coefficient (Wildman–Crippen LogP) is 3.40. The van der Waals surface area contributed by atoms with Crippen LogP contribution in [0.4, 0.5) is 0 Å². The van der Waals surface area contributed by atoms with E-state index in [0.717, 1.165) is 17.0 Å².